The lowest BCUT2D eigenvalue weighted by Crippen LogP contribution is -2.22. The third-order valence-corrected chi connectivity index (χ3v) is 4.06. The molecule has 10 heteroatoms. The van der Waals surface area contributed by atoms with Gasteiger partial charge in [-0.25, -0.2) is 0 Å². The molecule has 0 aliphatic carbocycles. The molecule has 0 bridgehead atoms. The zero-order chi connectivity index (χ0) is 20.3. The van der Waals surface area contributed by atoms with Crippen LogP contribution < -0.4 is 9.47 Å². The van der Waals surface area contributed by atoms with E-state index in [1.54, 1.807) is 18.0 Å². The van der Waals surface area contributed by atoms with Gasteiger partial charge in [-0.05, 0) is 13.1 Å². The zero-order valence-electron chi connectivity index (χ0n) is 14.9. The first-order chi connectivity index (χ1) is 13.2. The van der Waals surface area contributed by atoms with Gasteiger partial charge in [0.2, 0.25) is 0 Å². The van der Waals surface area contributed by atoms with Gasteiger partial charge in [-0.2, -0.15) is 0 Å². The summed E-state index contributed by atoms with van der Waals surface area (Å²) >= 11 is 0. The van der Waals surface area contributed by atoms with Gasteiger partial charge in [0.15, 0.2) is 6.79 Å². The van der Waals surface area contributed by atoms with Crippen LogP contribution in [-0.4, -0.2) is 30.0 Å². The largest absolute Gasteiger partial charge is 0.573 e. The standard InChI is InChI=1S/C18H17F3N2O5/c1-22(8-12-4-2-3-5-16(12)28-18(19,20)21)9-13-6-15(23(24)25)7-14-10-26-11-27-17(13)14/h2-7H,8-11H2,1H3. The number of fused-ring (bicyclic) bond motifs is 1. The monoisotopic (exact) mass is 398 g/mol. The summed E-state index contributed by atoms with van der Waals surface area (Å²) in [7, 11) is 1.69. The summed E-state index contributed by atoms with van der Waals surface area (Å²) in [5.74, 6) is 0.219. The molecule has 1 heterocycles. The highest BCUT2D eigenvalue weighted by atomic mass is 19.4. The van der Waals surface area contributed by atoms with Gasteiger partial charge in [0, 0.05) is 41.9 Å². The topological polar surface area (TPSA) is 74.1 Å². The van der Waals surface area contributed by atoms with E-state index in [-0.39, 0.29) is 37.9 Å². The summed E-state index contributed by atoms with van der Waals surface area (Å²) in [6.45, 7) is 0.588. The Bertz CT molecular complexity index is 873. The van der Waals surface area contributed by atoms with Gasteiger partial charge in [-0.1, -0.05) is 18.2 Å². The average molecular weight is 398 g/mol. The van der Waals surface area contributed by atoms with Crippen LogP contribution in [0.3, 0.4) is 0 Å². The Labute approximate surface area is 158 Å². The molecule has 3 rings (SSSR count). The van der Waals surface area contributed by atoms with Crippen molar-refractivity contribution in [1.29, 1.82) is 0 Å². The predicted octanol–water partition coefficient (Wildman–Crippen LogP) is 3.99. The molecule has 28 heavy (non-hydrogen) atoms. The lowest BCUT2D eigenvalue weighted by molar-refractivity contribution is -0.385. The van der Waals surface area contributed by atoms with Crippen molar-refractivity contribution < 1.29 is 32.3 Å². The van der Waals surface area contributed by atoms with Crippen LogP contribution in [0.2, 0.25) is 0 Å². The number of ether oxygens (including phenoxy) is 3. The first-order valence-corrected chi connectivity index (χ1v) is 8.26. The molecular weight excluding hydrogens is 381 g/mol. The Hall–Kier alpha value is -2.85. The number of halogens is 3. The number of hydrogen-bond acceptors (Lipinski definition) is 6. The molecule has 2 aromatic rings. The molecule has 0 spiro atoms. The Morgan fingerprint density at radius 2 is 1.93 bits per heavy atom. The number of nitro groups is 1. The van der Waals surface area contributed by atoms with E-state index in [0.29, 0.717) is 22.4 Å². The quantitative estimate of drug-likeness (QED) is 0.541. The third kappa shape index (κ3) is 4.90. The molecule has 0 amide bonds. The molecule has 0 atom stereocenters. The second kappa shape index (κ2) is 8.03. The van der Waals surface area contributed by atoms with E-state index in [1.807, 2.05) is 0 Å². The number of rotatable bonds is 6. The molecule has 0 unspecified atom stereocenters. The molecule has 0 N–H and O–H groups in total. The van der Waals surface area contributed by atoms with Gasteiger partial charge in [0.1, 0.15) is 11.5 Å². The SMILES string of the molecule is CN(Cc1ccccc1OC(F)(F)F)Cc1cc([N+](=O)[O-])cc2c1OCOC2. The highest BCUT2D eigenvalue weighted by molar-refractivity contribution is 5.50. The smallest absolute Gasteiger partial charge is 0.467 e. The second-order valence-corrected chi connectivity index (χ2v) is 6.29. The molecule has 7 nitrogen and oxygen atoms in total. The number of benzene rings is 2. The molecule has 0 fully saturated rings. The van der Waals surface area contributed by atoms with Crippen molar-refractivity contribution in [3.05, 3.63) is 63.2 Å². The van der Waals surface area contributed by atoms with E-state index in [4.69, 9.17) is 9.47 Å². The highest BCUT2D eigenvalue weighted by Gasteiger charge is 2.32. The molecular formula is C18H17F3N2O5. The molecule has 1 aliphatic rings. The minimum absolute atomic E-state index is 0.0315. The van der Waals surface area contributed by atoms with Crippen LogP contribution in [0, 0.1) is 10.1 Å². The number of alkyl halides is 3. The number of non-ortho nitro benzene ring substituents is 1. The van der Waals surface area contributed by atoms with Crippen LogP contribution in [0.5, 0.6) is 11.5 Å². The maximum absolute atomic E-state index is 12.6. The lowest BCUT2D eigenvalue weighted by atomic mass is 10.1. The minimum Gasteiger partial charge on any atom is -0.467 e. The minimum atomic E-state index is -4.79. The second-order valence-electron chi connectivity index (χ2n) is 6.29. The van der Waals surface area contributed by atoms with Crippen LogP contribution in [0.15, 0.2) is 36.4 Å². The normalized spacial score (nSPS) is 13.8. The van der Waals surface area contributed by atoms with E-state index in [2.05, 4.69) is 4.74 Å². The van der Waals surface area contributed by atoms with Gasteiger partial charge in [0.05, 0.1) is 11.5 Å². The van der Waals surface area contributed by atoms with Gasteiger partial charge in [0.25, 0.3) is 5.69 Å². The van der Waals surface area contributed by atoms with Gasteiger partial charge < -0.3 is 14.2 Å². The fourth-order valence-corrected chi connectivity index (χ4v) is 3.00. The number of hydrogen-bond donors (Lipinski definition) is 0. The van der Waals surface area contributed by atoms with Crippen LogP contribution >= 0.6 is 0 Å². The fraction of sp³-hybridized carbons (Fsp3) is 0.333. The van der Waals surface area contributed by atoms with E-state index in [1.165, 1.54) is 30.3 Å². The molecule has 2 aromatic carbocycles. The number of nitro benzene ring substituents is 1. The molecule has 0 radical (unpaired) electrons. The Morgan fingerprint density at radius 1 is 1.21 bits per heavy atom. The van der Waals surface area contributed by atoms with E-state index in [9.17, 15) is 23.3 Å². The van der Waals surface area contributed by atoms with Crippen molar-refractivity contribution in [2.75, 3.05) is 13.8 Å². The van der Waals surface area contributed by atoms with E-state index >= 15 is 0 Å². The first kappa shape index (κ1) is 19.9. The van der Waals surface area contributed by atoms with Crippen molar-refractivity contribution in [3.8, 4) is 11.5 Å². The van der Waals surface area contributed by atoms with Crippen LogP contribution in [0.4, 0.5) is 18.9 Å². The summed E-state index contributed by atoms with van der Waals surface area (Å²) in [5, 5.41) is 11.2. The average Bonchev–Trinajstić information content (AvgIpc) is 2.62. The van der Waals surface area contributed by atoms with Crippen LogP contribution in [0.1, 0.15) is 16.7 Å². The molecule has 0 aromatic heterocycles. The van der Waals surface area contributed by atoms with Gasteiger partial charge >= 0.3 is 6.36 Å². The molecule has 0 saturated carbocycles. The van der Waals surface area contributed by atoms with Crippen molar-refractivity contribution >= 4 is 5.69 Å². The number of para-hydroxylation sites is 1. The molecule has 150 valence electrons. The summed E-state index contributed by atoms with van der Waals surface area (Å²) in [6, 6.07) is 8.64. The number of nitrogens with zero attached hydrogens (tertiary/aromatic N) is 2. The molecule has 1 aliphatic heterocycles. The van der Waals surface area contributed by atoms with Crippen molar-refractivity contribution in [3.63, 3.8) is 0 Å². The lowest BCUT2D eigenvalue weighted by Gasteiger charge is -2.24. The van der Waals surface area contributed by atoms with Gasteiger partial charge in [-0.15, -0.1) is 13.2 Å². The summed E-state index contributed by atoms with van der Waals surface area (Å²) in [4.78, 5) is 12.4. The summed E-state index contributed by atoms with van der Waals surface area (Å²) in [5.41, 5.74) is 1.36. The maximum atomic E-state index is 12.6. The highest BCUT2D eigenvalue weighted by Crippen LogP contribution is 2.34. The van der Waals surface area contributed by atoms with Crippen molar-refractivity contribution in [2.45, 2.75) is 26.1 Å². The van der Waals surface area contributed by atoms with E-state index < -0.39 is 11.3 Å². The Balaban J connectivity index is 1.82. The van der Waals surface area contributed by atoms with Gasteiger partial charge in [-0.3, -0.25) is 15.0 Å². The Morgan fingerprint density at radius 3 is 2.64 bits per heavy atom. The van der Waals surface area contributed by atoms with Crippen LogP contribution in [-0.2, 0) is 24.4 Å². The summed E-state index contributed by atoms with van der Waals surface area (Å²) in [6.07, 6.45) is -4.79. The fourth-order valence-electron chi connectivity index (χ4n) is 3.00. The first-order valence-electron chi connectivity index (χ1n) is 8.26. The maximum Gasteiger partial charge on any atom is 0.573 e. The zero-order valence-corrected chi connectivity index (χ0v) is 14.9. The van der Waals surface area contributed by atoms with E-state index in [0.717, 1.165) is 0 Å². The van der Waals surface area contributed by atoms with Crippen LogP contribution in [0.25, 0.3) is 0 Å². The predicted molar refractivity (Wildman–Crippen MR) is 91.7 cm³/mol. The van der Waals surface area contributed by atoms with Crippen molar-refractivity contribution in [2.24, 2.45) is 0 Å². The Kier molecular flexibility index (Phi) is 5.71. The third-order valence-electron chi connectivity index (χ3n) is 4.06. The summed E-state index contributed by atoms with van der Waals surface area (Å²) < 4.78 is 52.5. The van der Waals surface area contributed by atoms with Crippen molar-refractivity contribution in [1.82, 2.24) is 4.90 Å². The molecule has 0 saturated heterocycles.